The van der Waals surface area contributed by atoms with E-state index < -0.39 is 102 Å². The fourth-order valence-electron chi connectivity index (χ4n) is 13.3. The number of carboxylic acid groups (broad SMARTS) is 2. The summed E-state index contributed by atoms with van der Waals surface area (Å²) in [7, 11) is -12.1. The van der Waals surface area contributed by atoms with Crippen LogP contribution in [0.3, 0.4) is 0 Å². The summed E-state index contributed by atoms with van der Waals surface area (Å²) < 4.78 is 105. The molecule has 2 heterocycles. The normalized spacial score (nSPS) is 15.2. The van der Waals surface area contributed by atoms with Crippen LogP contribution >= 0.6 is 0 Å². The molecule has 2 aliphatic heterocycles. The maximum atomic E-state index is 14.3. The lowest BCUT2D eigenvalue weighted by molar-refractivity contribution is -0.438. The second kappa shape index (κ2) is 49.0. The van der Waals surface area contributed by atoms with Crippen LogP contribution in [-0.4, -0.2) is 176 Å². The van der Waals surface area contributed by atoms with Gasteiger partial charge in [-0.05, 0) is 181 Å². The summed E-state index contributed by atoms with van der Waals surface area (Å²) in [6.45, 7) is 14.3. The van der Waals surface area contributed by atoms with Gasteiger partial charge in [-0.1, -0.05) is 58.7 Å². The monoisotopic (exact) mass is 1660 g/mol. The molecule has 0 bridgehead atoms. The number of Topliss-reactive ketones (excluding diaryl/α,β-unsaturated/α-hetero) is 2. The Morgan fingerprint density at radius 3 is 1.83 bits per heavy atom. The van der Waals surface area contributed by atoms with Gasteiger partial charge in [-0.2, -0.15) is 40.6 Å². The van der Waals surface area contributed by atoms with Crippen molar-refractivity contribution in [3.05, 3.63) is 124 Å². The molecule has 3 aliphatic rings. The zero-order chi connectivity index (χ0) is 86.2. The number of benzene rings is 3. The van der Waals surface area contributed by atoms with E-state index in [4.69, 9.17) is 64.6 Å². The highest BCUT2D eigenvalue weighted by Gasteiger charge is 2.45. The number of urea groups is 1. The fourth-order valence-corrected chi connectivity index (χ4v) is 14.3. The van der Waals surface area contributed by atoms with E-state index in [-0.39, 0.29) is 117 Å². The molecule has 0 radical (unpaired) electrons. The van der Waals surface area contributed by atoms with E-state index in [1.54, 1.807) is 24.3 Å². The van der Waals surface area contributed by atoms with Crippen molar-refractivity contribution in [3.8, 4) is 5.75 Å². The van der Waals surface area contributed by atoms with Crippen molar-refractivity contribution in [2.24, 2.45) is 38.8 Å². The Morgan fingerprint density at radius 2 is 1.24 bits per heavy atom. The summed E-state index contributed by atoms with van der Waals surface area (Å²) in [4.78, 5) is 131. The van der Waals surface area contributed by atoms with Crippen molar-refractivity contribution in [1.29, 1.82) is 0 Å². The number of nitrogens with two attached hydrogens (primary N) is 4. The molecule has 38 heteroatoms. The Labute approximate surface area is 670 Å². The van der Waals surface area contributed by atoms with Crippen LogP contribution in [0.1, 0.15) is 193 Å². The van der Waals surface area contributed by atoms with E-state index >= 15 is 0 Å². The fraction of sp³-hybridized carbons (Fsp3) is 0.506. The van der Waals surface area contributed by atoms with Crippen molar-refractivity contribution >= 4 is 114 Å². The SMILES string of the molecule is CCCCC[N+]1=C(/C=C/C2=C(Oc3ccc(CCNC(=O)[C@H](CCCN=C(N)N)CC(=O)[C@H](CCCN=C(N)N)NC(=O)CCCCC(=O)CCCNC(=O)N[C@H](CCC(=O)O)C(=O)O)cc3)C(=C/C=C3/N(CCCC)c4ccc(S(=O)(=O)O)cc4C3(C)C)/CCC2)C(C)(C)c2cc(S(=O)(=O)O)ccc21.O=C=O.O=C=O.O=S(=O)=O. The smallest absolute Gasteiger partial charge is 0.425 e. The first kappa shape index (κ1) is 98.3. The summed E-state index contributed by atoms with van der Waals surface area (Å²) in [6, 6.07) is 13.8. The van der Waals surface area contributed by atoms with Gasteiger partial charge in [0, 0.05) is 112 Å². The number of carbonyl (C=O) groups is 7. The van der Waals surface area contributed by atoms with Crippen LogP contribution in [-0.2, 0) is 96.0 Å². The number of aliphatic imine (C=N–C) groups is 2. The van der Waals surface area contributed by atoms with E-state index in [1.807, 2.05) is 52.0 Å². The minimum Gasteiger partial charge on any atom is -0.481 e. The predicted molar refractivity (Wildman–Crippen MR) is 422 cm³/mol. The van der Waals surface area contributed by atoms with Crippen molar-refractivity contribution in [2.45, 2.75) is 216 Å². The van der Waals surface area contributed by atoms with Gasteiger partial charge in [0.1, 0.15) is 29.9 Å². The van der Waals surface area contributed by atoms with Gasteiger partial charge in [0.05, 0.1) is 21.2 Å². The van der Waals surface area contributed by atoms with E-state index in [0.717, 1.165) is 89.1 Å². The number of nitrogens with one attached hydrogen (secondary N) is 4. The van der Waals surface area contributed by atoms with E-state index in [1.165, 1.54) is 12.1 Å². The highest BCUT2D eigenvalue weighted by atomic mass is 32.2. The number of anilines is 1. The first-order chi connectivity index (χ1) is 54.2. The summed E-state index contributed by atoms with van der Waals surface area (Å²) >= 11 is 0. The number of nitrogens with zero attached hydrogens (tertiary/aromatic N) is 4. The molecule has 4 amide bonds. The lowest BCUT2D eigenvalue weighted by Crippen LogP contribution is -2.46. The number of aliphatic carboxylic acids is 2. The number of fused-ring (bicyclic) bond motifs is 2. The summed E-state index contributed by atoms with van der Waals surface area (Å²) in [5, 5.41) is 28.6. The summed E-state index contributed by atoms with van der Waals surface area (Å²) in [5.74, 6) is -3.89. The second-order valence-corrected chi connectivity index (χ2v) is 31.5. The van der Waals surface area contributed by atoms with Crippen LogP contribution in [0.25, 0.3) is 0 Å². The molecule has 3 atom stereocenters. The number of hydrogen-bond donors (Lipinski definition) is 12. The molecule has 3 aromatic carbocycles. The molecular formula is C77H107N12O23S3+. The Bertz CT molecular complexity index is 4540. The molecule has 0 aromatic heterocycles. The topological polar surface area (TPSA) is 581 Å². The molecule has 1 aliphatic carbocycles. The molecule has 630 valence electrons. The molecular weight excluding hydrogens is 1560 g/mol. The van der Waals surface area contributed by atoms with Gasteiger partial charge in [0.2, 0.25) is 17.5 Å². The molecule has 0 spiro atoms. The molecule has 16 N–H and O–H groups in total. The molecule has 0 fully saturated rings. The van der Waals surface area contributed by atoms with Gasteiger partial charge in [0.25, 0.3) is 20.2 Å². The van der Waals surface area contributed by atoms with Gasteiger partial charge >= 0.3 is 40.9 Å². The first-order valence-electron chi connectivity index (χ1n) is 37.4. The molecule has 35 nitrogen and oxygen atoms in total. The highest BCUT2D eigenvalue weighted by Crippen LogP contribution is 2.49. The van der Waals surface area contributed by atoms with E-state index in [9.17, 15) is 64.6 Å². The van der Waals surface area contributed by atoms with Crippen molar-refractivity contribution in [3.63, 3.8) is 0 Å². The molecule has 6 rings (SSSR count). The van der Waals surface area contributed by atoms with Crippen LogP contribution in [0, 0.1) is 5.92 Å². The van der Waals surface area contributed by atoms with Crippen molar-refractivity contribution in [2.75, 3.05) is 44.2 Å². The molecule has 115 heavy (non-hydrogen) atoms. The first-order valence-corrected chi connectivity index (χ1v) is 41.3. The summed E-state index contributed by atoms with van der Waals surface area (Å²) in [6.07, 6.45) is 17.1. The number of guanidine groups is 2. The third-order valence-electron chi connectivity index (χ3n) is 19.0. The van der Waals surface area contributed by atoms with Crippen molar-refractivity contribution in [1.82, 2.24) is 21.3 Å². The number of ether oxygens (including phenoxy) is 1. The highest BCUT2D eigenvalue weighted by molar-refractivity contribution is 7.86. The maximum absolute atomic E-state index is 14.3. The minimum absolute atomic E-state index is 0.0111. The number of ketones is 2. The maximum Gasteiger partial charge on any atom is 0.425 e. The average molecular weight is 1660 g/mol. The predicted octanol–water partition coefficient (Wildman–Crippen LogP) is 6.41. The molecule has 3 aromatic rings. The van der Waals surface area contributed by atoms with E-state index in [0.29, 0.717) is 69.5 Å². The van der Waals surface area contributed by atoms with Gasteiger partial charge in [-0.3, -0.25) is 43.1 Å². The molecule has 0 saturated carbocycles. The number of allylic oxidation sites excluding steroid dienone is 7. The lowest BCUT2D eigenvalue weighted by Gasteiger charge is -2.27. The Hall–Kier alpha value is -10.9. The average Bonchev–Trinajstić information content (AvgIpc) is 1.59. The number of amides is 4. The Kier molecular flexibility index (Phi) is 41.9. The van der Waals surface area contributed by atoms with Crippen molar-refractivity contribution < 1.29 is 111 Å². The number of carboxylic acids is 2. The van der Waals surface area contributed by atoms with Gasteiger partial charge in [-0.25, -0.2) is 9.59 Å². The second-order valence-electron chi connectivity index (χ2n) is 28.2. The number of rotatable bonds is 44. The number of unbranched alkanes of at least 4 members (excludes halogenated alkanes) is 4. The zero-order valence-corrected chi connectivity index (χ0v) is 67.9. The number of carbonyl (C=O) groups excluding carboxylic acids is 9. The molecule has 0 saturated heterocycles. The van der Waals surface area contributed by atoms with Crippen LogP contribution in [0.5, 0.6) is 5.75 Å². The Balaban J connectivity index is 0.00000324. The van der Waals surface area contributed by atoms with E-state index in [2.05, 4.69) is 78.9 Å². The van der Waals surface area contributed by atoms with Crippen LogP contribution in [0.4, 0.5) is 16.2 Å². The number of hydrogen-bond acceptors (Lipinski definition) is 22. The largest absolute Gasteiger partial charge is 0.481 e. The standard InChI is InChI=1S/C75H106N12O16S2.2CO2.O3S/c1-7-9-13-45-87-62-35-32-56(105(100,101)102)48-58(62)75(5,6)65(87)37-28-51-19-14-18-50(27-36-64-74(3,4)57-47-55(104(97,98)99)31-34-61(57)86(64)44-10-8-2)68(51)103-54-29-25-49(26-30-54)39-43-80-69(93)52(20-15-40-81-71(76)77)46-63(89)59(23-17-41-82-72(78)79)84-66(90)24-12-11-21-53(88)22-16-42-83-73(96)85-60(70(94)95)33-38-67(91)92;2*2-1-3;1-4(2)3/h25-32,34-37,47-48,52,59-60H,7-24,33,38-46H2,1-6H3,(H15-,76,77,78,79,80,81,82,83,84,85,90,91,92,93,94,95,96,97,98,99,100,101,102);;;/p+1/t52-,59+,60-;;;/m1.../s1. The third kappa shape index (κ3) is 33.6. The van der Waals surface area contributed by atoms with Crippen LogP contribution < -0.4 is 53.8 Å². The van der Waals surface area contributed by atoms with Gasteiger partial charge in [0.15, 0.2) is 23.4 Å². The minimum atomic E-state index is -4.49. The van der Waals surface area contributed by atoms with Crippen LogP contribution in [0.2, 0.25) is 0 Å². The zero-order valence-electron chi connectivity index (χ0n) is 65.5. The van der Waals surface area contributed by atoms with Gasteiger partial charge < -0.3 is 64.1 Å². The third-order valence-corrected chi connectivity index (χ3v) is 20.7. The quantitative estimate of drug-likeness (QED) is 0.00956. The molecule has 0 unspecified atom stereocenters. The van der Waals surface area contributed by atoms with Crippen LogP contribution in [0.15, 0.2) is 127 Å². The Morgan fingerprint density at radius 1 is 0.661 bits per heavy atom. The van der Waals surface area contributed by atoms with Gasteiger partial charge in [-0.15, -0.1) is 12.6 Å². The lowest BCUT2D eigenvalue weighted by atomic mass is 9.81. The summed E-state index contributed by atoms with van der Waals surface area (Å²) in [5.41, 5.74) is 28.8.